The molecule has 0 spiro atoms. The summed E-state index contributed by atoms with van der Waals surface area (Å²) in [7, 11) is 0. The first kappa shape index (κ1) is 18.5. The molecule has 1 aliphatic heterocycles. The molecule has 0 saturated carbocycles. The van der Waals surface area contributed by atoms with Gasteiger partial charge in [-0.25, -0.2) is 4.39 Å². The van der Waals surface area contributed by atoms with E-state index in [1.807, 2.05) is 16.8 Å². The van der Waals surface area contributed by atoms with Crippen LogP contribution in [-0.2, 0) is 14.3 Å². The summed E-state index contributed by atoms with van der Waals surface area (Å²) in [6.07, 6.45) is 0. The maximum atomic E-state index is 12.9. The van der Waals surface area contributed by atoms with Crippen LogP contribution in [0.2, 0.25) is 0 Å². The zero-order chi connectivity index (χ0) is 18.4. The molecule has 6 nitrogen and oxygen atoms in total. The SMILES string of the molecule is O=C(NCC(c1ccsc1)N1CCOCC1)C(=O)Nc1ccc(F)cc1. The highest BCUT2D eigenvalue weighted by Crippen LogP contribution is 2.23. The first-order valence-electron chi connectivity index (χ1n) is 8.32. The van der Waals surface area contributed by atoms with Crippen LogP contribution in [-0.4, -0.2) is 49.6 Å². The average Bonchev–Trinajstić information content (AvgIpc) is 3.19. The van der Waals surface area contributed by atoms with Crippen molar-refractivity contribution in [3.8, 4) is 0 Å². The van der Waals surface area contributed by atoms with Crippen molar-refractivity contribution < 1.29 is 18.7 Å². The van der Waals surface area contributed by atoms with E-state index < -0.39 is 17.6 Å². The van der Waals surface area contributed by atoms with Gasteiger partial charge < -0.3 is 15.4 Å². The number of nitrogens with one attached hydrogen (secondary N) is 2. The van der Waals surface area contributed by atoms with Crippen molar-refractivity contribution in [1.82, 2.24) is 10.2 Å². The predicted octanol–water partition coefficient (Wildman–Crippen LogP) is 2.02. The Morgan fingerprint density at radius 1 is 1.15 bits per heavy atom. The quantitative estimate of drug-likeness (QED) is 0.782. The molecule has 0 aliphatic carbocycles. The lowest BCUT2D eigenvalue weighted by Gasteiger charge is -2.34. The van der Waals surface area contributed by atoms with E-state index in [9.17, 15) is 14.0 Å². The van der Waals surface area contributed by atoms with Crippen LogP contribution in [0.15, 0.2) is 41.1 Å². The van der Waals surface area contributed by atoms with Crippen molar-refractivity contribution in [1.29, 1.82) is 0 Å². The number of hydrogen-bond acceptors (Lipinski definition) is 5. The number of carbonyl (C=O) groups excluding carboxylic acids is 2. The Kier molecular flexibility index (Phi) is 6.32. The van der Waals surface area contributed by atoms with Gasteiger partial charge in [-0.3, -0.25) is 14.5 Å². The number of rotatable bonds is 5. The van der Waals surface area contributed by atoms with Crippen LogP contribution in [0.5, 0.6) is 0 Å². The Bertz CT molecular complexity index is 731. The number of halogens is 1. The number of ether oxygens (including phenoxy) is 1. The van der Waals surface area contributed by atoms with Gasteiger partial charge in [-0.1, -0.05) is 0 Å². The van der Waals surface area contributed by atoms with E-state index in [4.69, 9.17) is 4.74 Å². The van der Waals surface area contributed by atoms with E-state index >= 15 is 0 Å². The highest BCUT2D eigenvalue weighted by molar-refractivity contribution is 7.08. The second-order valence-corrected chi connectivity index (χ2v) is 6.67. The van der Waals surface area contributed by atoms with Gasteiger partial charge in [-0.05, 0) is 46.7 Å². The fraction of sp³-hybridized carbons (Fsp3) is 0.333. The topological polar surface area (TPSA) is 70.7 Å². The monoisotopic (exact) mass is 377 g/mol. The van der Waals surface area contributed by atoms with Crippen molar-refractivity contribution in [3.63, 3.8) is 0 Å². The number of anilines is 1. The maximum absolute atomic E-state index is 12.9. The van der Waals surface area contributed by atoms with Gasteiger partial charge in [0.15, 0.2) is 0 Å². The highest BCUT2D eigenvalue weighted by atomic mass is 32.1. The minimum Gasteiger partial charge on any atom is -0.379 e. The number of hydrogen-bond donors (Lipinski definition) is 2. The molecular formula is C18H20FN3O3S. The van der Waals surface area contributed by atoms with Crippen LogP contribution >= 0.6 is 11.3 Å². The number of amides is 2. The average molecular weight is 377 g/mol. The van der Waals surface area contributed by atoms with Crippen molar-refractivity contribution >= 4 is 28.8 Å². The number of thiophene rings is 1. The maximum Gasteiger partial charge on any atom is 0.313 e. The lowest BCUT2D eigenvalue weighted by molar-refractivity contribution is -0.136. The molecule has 1 aromatic heterocycles. The summed E-state index contributed by atoms with van der Waals surface area (Å²) in [6.45, 7) is 3.18. The summed E-state index contributed by atoms with van der Waals surface area (Å²) in [4.78, 5) is 26.4. The van der Waals surface area contributed by atoms with Gasteiger partial charge in [0.1, 0.15) is 5.82 Å². The van der Waals surface area contributed by atoms with Gasteiger partial charge in [0.2, 0.25) is 0 Å². The van der Waals surface area contributed by atoms with Gasteiger partial charge in [-0.2, -0.15) is 11.3 Å². The predicted molar refractivity (Wildman–Crippen MR) is 97.5 cm³/mol. The summed E-state index contributed by atoms with van der Waals surface area (Å²) in [5.74, 6) is -1.90. The molecule has 0 bridgehead atoms. The zero-order valence-corrected chi connectivity index (χ0v) is 14.9. The van der Waals surface area contributed by atoms with Gasteiger partial charge in [0.05, 0.1) is 19.3 Å². The van der Waals surface area contributed by atoms with Crippen LogP contribution in [0.1, 0.15) is 11.6 Å². The van der Waals surface area contributed by atoms with E-state index in [2.05, 4.69) is 15.5 Å². The summed E-state index contributed by atoms with van der Waals surface area (Å²) in [5.41, 5.74) is 1.48. The van der Waals surface area contributed by atoms with Gasteiger partial charge in [0, 0.05) is 25.3 Å². The molecule has 26 heavy (non-hydrogen) atoms. The lowest BCUT2D eigenvalue weighted by Crippen LogP contribution is -2.45. The second kappa shape index (κ2) is 8.88. The Balaban J connectivity index is 1.58. The number of nitrogens with zero attached hydrogens (tertiary/aromatic N) is 1. The van der Waals surface area contributed by atoms with Crippen LogP contribution in [0.4, 0.5) is 10.1 Å². The third-order valence-corrected chi connectivity index (χ3v) is 4.88. The Hall–Kier alpha value is -2.29. The smallest absolute Gasteiger partial charge is 0.313 e. The largest absolute Gasteiger partial charge is 0.379 e. The molecule has 1 unspecified atom stereocenters. The minimum absolute atomic E-state index is 0.00674. The standard InChI is InChI=1S/C18H20FN3O3S/c19-14-1-3-15(4-2-14)21-18(24)17(23)20-11-16(13-5-10-26-12-13)22-6-8-25-9-7-22/h1-5,10,12,16H,6-9,11H2,(H,20,23)(H,21,24). The number of carbonyl (C=O) groups is 2. The molecule has 1 saturated heterocycles. The summed E-state index contributed by atoms with van der Waals surface area (Å²) < 4.78 is 18.3. The molecule has 8 heteroatoms. The summed E-state index contributed by atoms with van der Waals surface area (Å²) in [5, 5.41) is 9.19. The van der Waals surface area contributed by atoms with Gasteiger partial charge >= 0.3 is 11.8 Å². The molecule has 1 fully saturated rings. The van der Waals surface area contributed by atoms with Crippen LogP contribution < -0.4 is 10.6 Å². The molecule has 0 radical (unpaired) electrons. The first-order chi connectivity index (χ1) is 12.6. The van der Waals surface area contributed by atoms with Crippen molar-refractivity contribution in [3.05, 3.63) is 52.5 Å². The van der Waals surface area contributed by atoms with Gasteiger partial charge in [-0.15, -0.1) is 0 Å². The minimum atomic E-state index is -0.775. The molecule has 3 rings (SSSR count). The molecule has 1 atom stereocenters. The van der Waals surface area contributed by atoms with Crippen molar-refractivity contribution in [2.75, 3.05) is 38.2 Å². The molecule has 2 N–H and O–H groups in total. The Morgan fingerprint density at radius 3 is 2.54 bits per heavy atom. The molecule has 138 valence electrons. The normalized spacial score (nSPS) is 16.0. The van der Waals surface area contributed by atoms with E-state index in [0.29, 0.717) is 25.4 Å². The molecule has 2 heterocycles. The molecule has 1 aromatic carbocycles. The molecule has 2 aromatic rings. The molecule has 1 aliphatic rings. The van der Waals surface area contributed by atoms with Gasteiger partial charge in [0.25, 0.3) is 0 Å². The third-order valence-electron chi connectivity index (χ3n) is 4.18. The first-order valence-corrected chi connectivity index (χ1v) is 9.26. The number of benzene rings is 1. The Labute approximate surface area is 155 Å². The fourth-order valence-corrected chi connectivity index (χ4v) is 3.51. The zero-order valence-electron chi connectivity index (χ0n) is 14.1. The van der Waals surface area contributed by atoms with Crippen molar-refractivity contribution in [2.45, 2.75) is 6.04 Å². The lowest BCUT2D eigenvalue weighted by atomic mass is 10.1. The summed E-state index contributed by atoms with van der Waals surface area (Å²) in [6, 6.07) is 7.27. The van der Waals surface area contributed by atoms with Crippen LogP contribution in [0.25, 0.3) is 0 Å². The van der Waals surface area contributed by atoms with Crippen LogP contribution in [0.3, 0.4) is 0 Å². The van der Waals surface area contributed by atoms with E-state index in [1.54, 1.807) is 11.3 Å². The van der Waals surface area contributed by atoms with Crippen LogP contribution in [0, 0.1) is 5.82 Å². The van der Waals surface area contributed by atoms with E-state index in [0.717, 1.165) is 18.7 Å². The summed E-state index contributed by atoms with van der Waals surface area (Å²) >= 11 is 1.59. The van der Waals surface area contributed by atoms with E-state index in [1.165, 1.54) is 24.3 Å². The van der Waals surface area contributed by atoms with E-state index in [-0.39, 0.29) is 6.04 Å². The highest BCUT2D eigenvalue weighted by Gasteiger charge is 2.24. The second-order valence-electron chi connectivity index (χ2n) is 5.89. The Morgan fingerprint density at radius 2 is 1.88 bits per heavy atom. The molecule has 2 amide bonds. The third kappa shape index (κ3) is 4.87. The fourth-order valence-electron chi connectivity index (χ4n) is 2.80. The number of morpholine rings is 1. The van der Waals surface area contributed by atoms with Crippen molar-refractivity contribution in [2.24, 2.45) is 0 Å². The molecular weight excluding hydrogens is 357 g/mol.